The normalized spacial score (nSPS) is 10.6. The van der Waals surface area contributed by atoms with Gasteiger partial charge in [0.05, 0.1) is 5.69 Å². The van der Waals surface area contributed by atoms with Gasteiger partial charge in [0, 0.05) is 32.3 Å². The van der Waals surface area contributed by atoms with Gasteiger partial charge in [-0.1, -0.05) is 13.8 Å². The van der Waals surface area contributed by atoms with Gasteiger partial charge in [0.25, 0.3) is 5.91 Å². The fraction of sp³-hybridized carbons (Fsp3) is 0.615. The van der Waals surface area contributed by atoms with Crippen molar-refractivity contribution < 1.29 is 9.59 Å². The third kappa shape index (κ3) is 4.91. The molecular weight excluding hydrogens is 258 g/mol. The molecule has 20 heavy (non-hydrogen) atoms. The molecule has 7 heteroatoms. The number of aromatic nitrogens is 2. The van der Waals surface area contributed by atoms with Crippen molar-refractivity contribution in [1.82, 2.24) is 20.4 Å². The third-order valence-corrected chi connectivity index (χ3v) is 2.67. The minimum atomic E-state index is -0.355. The van der Waals surface area contributed by atoms with E-state index in [1.54, 1.807) is 10.9 Å². The summed E-state index contributed by atoms with van der Waals surface area (Å²) in [5, 5.41) is 9.49. The molecule has 0 saturated carbocycles. The zero-order valence-electron chi connectivity index (χ0n) is 12.3. The quantitative estimate of drug-likeness (QED) is 0.672. The van der Waals surface area contributed by atoms with Gasteiger partial charge < -0.3 is 16.4 Å². The fourth-order valence-electron chi connectivity index (χ4n) is 1.55. The Morgan fingerprint density at radius 3 is 2.65 bits per heavy atom. The molecule has 2 amide bonds. The van der Waals surface area contributed by atoms with E-state index < -0.39 is 0 Å². The van der Waals surface area contributed by atoms with Crippen LogP contribution in [-0.2, 0) is 11.3 Å². The first-order valence-electron chi connectivity index (χ1n) is 6.81. The van der Waals surface area contributed by atoms with Gasteiger partial charge >= 0.3 is 0 Å². The van der Waals surface area contributed by atoms with E-state index in [2.05, 4.69) is 15.7 Å². The van der Waals surface area contributed by atoms with Crippen LogP contribution >= 0.6 is 0 Å². The molecule has 1 heterocycles. The van der Waals surface area contributed by atoms with Crippen molar-refractivity contribution in [3.05, 3.63) is 11.9 Å². The molecule has 1 aromatic heterocycles. The molecule has 0 atom stereocenters. The third-order valence-electron chi connectivity index (χ3n) is 2.67. The number of amides is 2. The summed E-state index contributed by atoms with van der Waals surface area (Å²) in [5.74, 6) is -0.0243. The van der Waals surface area contributed by atoms with Crippen LogP contribution in [0, 0.1) is 5.92 Å². The van der Waals surface area contributed by atoms with Crippen LogP contribution in [0.15, 0.2) is 6.20 Å². The zero-order valence-corrected chi connectivity index (χ0v) is 12.3. The van der Waals surface area contributed by atoms with E-state index in [0.29, 0.717) is 24.7 Å². The van der Waals surface area contributed by atoms with Crippen molar-refractivity contribution in [2.75, 3.05) is 18.8 Å². The molecule has 1 rings (SSSR count). The fourth-order valence-corrected chi connectivity index (χ4v) is 1.55. The number of carbonyl (C=O) groups is 2. The largest absolute Gasteiger partial charge is 0.396 e. The second-order valence-electron chi connectivity index (χ2n) is 4.99. The number of hydrogen-bond acceptors (Lipinski definition) is 4. The van der Waals surface area contributed by atoms with Gasteiger partial charge in [0.15, 0.2) is 5.69 Å². The van der Waals surface area contributed by atoms with Gasteiger partial charge in [0.1, 0.15) is 0 Å². The van der Waals surface area contributed by atoms with Gasteiger partial charge in [-0.15, -0.1) is 0 Å². The summed E-state index contributed by atoms with van der Waals surface area (Å²) < 4.78 is 1.60. The predicted molar refractivity (Wildman–Crippen MR) is 77.1 cm³/mol. The molecule has 0 bridgehead atoms. The number of nitrogens with zero attached hydrogens (tertiary/aromatic N) is 2. The number of carbonyl (C=O) groups excluding carboxylic acids is 2. The second kappa shape index (κ2) is 7.52. The second-order valence-corrected chi connectivity index (χ2v) is 4.99. The molecular formula is C13H23N5O2. The van der Waals surface area contributed by atoms with E-state index in [0.717, 1.165) is 0 Å². The maximum absolute atomic E-state index is 11.8. The smallest absolute Gasteiger partial charge is 0.273 e. The highest BCUT2D eigenvalue weighted by Crippen LogP contribution is 2.08. The topological polar surface area (TPSA) is 102 Å². The Morgan fingerprint density at radius 1 is 1.40 bits per heavy atom. The lowest BCUT2D eigenvalue weighted by Gasteiger charge is -2.08. The van der Waals surface area contributed by atoms with E-state index in [1.807, 2.05) is 20.8 Å². The van der Waals surface area contributed by atoms with Crippen molar-refractivity contribution in [1.29, 1.82) is 0 Å². The zero-order chi connectivity index (χ0) is 15.1. The highest BCUT2D eigenvalue weighted by atomic mass is 16.2. The van der Waals surface area contributed by atoms with Crippen LogP contribution in [0.2, 0.25) is 0 Å². The van der Waals surface area contributed by atoms with Crippen LogP contribution in [0.5, 0.6) is 0 Å². The van der Waals surface area contributed by atoms with Crippen LogP contribution in [-0.4, -0.2) is 34.7 Å². The Labute approximate surface area is 118 Å². The van der Waals surface area contributed by atoms with E-state index in [1.165, 1.54) is 0 Å². The van der Waals surface area contributed by atoms with E-state index in [9.17, 15) is 9.59 Å². The van der Waals surface area contributed by atoms with Gasteiger partial charge in [-0.05, 0) is 12.8 Å². The average molecular weight is 281 g/mol. The molecule has 4 N–H and O–H groups in total. The molecule has 0 saturated heterocycles. The van der Waals surface area contributed by atoms with E-state index in [-0.39, 0.29) is 30.5 Å². The van der Waals surface area contributed by atoms with Crippen molar-refractivity contribution in [3.63, 3.8) is 0 Å². The molecule has 112 valence electrons. The summed E-state index contributed by atoms with van der Waals surface area (Å²) in [4.78, 5) is 23.3. The first kappa shape index (κ1) is 16.0. The number of nitrogens with two attached hydrogens (primary N) is 1. The summed E-state index contributed by atoms with van der Waals surface area (Å²) in [6, 6.07) is 0. The van der Waals surface area contributed by atoms with Crippen LogP contribution in [0.25, 0.3) is 0 Å². The van der Waals surface area contributed by atoms with E-state index in [4.69, 9.17) is 5.73 Å². The average Bonchev–Trinajstić information content (AvgIpc) is 2.77. The highest BCUT2D eigenvalue weighted by Gasteiger charge is 2.14. The molecule has 0 fully saturated rings. The van der Waals surface area contributed by atoms with Crippen molar-refractivity contribution in [3.8, 4) is 0 Å². The number of nitrogen functional groups attached to an aromatic ring is 1. The highest BCUT2D eigenvalue weighted by molar-refractivity contribution is 5.97. The molecule has 0 aliphatic rings. The maximum Gasteiger partial charge on any atom is 0.273 e. The maximum atomic E-state index is 11.8. The molecule has 0 spiro atoms. The minimum absolute atomic E-state index is 0.0777. The number of hydrogen-bond donors (Lipinski definition) is 3. The Kier molecular flexibility index (Phi) is 6.02. The molecule has 0 aliphatic heterocycles. The summed E-state index contributed by atoms with van der Waals surface area (Å²) in [6.45, 7) is 7.51. The first-order chi connectivity index (χ1) is 9.43. The predicted octanol–water partition coefficient (Wildman–Crippen LogP) is 0.377. The van der Waals surface area contributed by atoms with Gasteiger partial charge in [-0.3, -0.25) is 14.3 Å². The van der Waals surface area contributed by atoms with E-state index >= 15 is 0 Å². The summed E-state index contributed by atoms with van der Waals surface area (Å²) in [6.07, 6.45) is 1.86. The summed E-state index contributed by atoms with van der Waals surface area (Å²) in [5.41, 5.74) is 6.25. The Bertz CT molecular complexity index is 467. The van der Waals surface area contributed by atoms with Crippen molar-refractivity contribution in [2.45, 2.75) is 33.7 Å². The molecule has 1 aromatic rings. The first-order valence-corrected chi connectivity index (χ1v) is 6.81. The van der Waals surface area contributed by atoms with Crippen molar-refractivity contribution >= 4 is 17.5 Å². The molecule has 0 aromatic carbocycles. The van der Waals surface area contributed by atoms with Crippen LogP contribution in [0.4, 0.5) is 5.69 Å². The van der Waals surface area contributed by atoms with Crippen molar-refractivity contribution in [2.24, 2.45) is 5.92 Å². The van der Waals surface area contributed by atoms with Gasteiger partial charge in [-0.25, -0.2) is 0 Å². The Balaban J connectivity index is 2.36. The number of nitrogens with one attached hydrogen (secondary N) is 2. The Hall–Kier alpha value is -2.05. The SMILES string of the molecule is CCn1cc(N)c(C(=O)NCCC(=O)NCC(C)C)n1. The Morgan fingerprint density at radius 2 is 2.10 bits per heavy atom. The molecule has 0 aliphatic carbocycles. The lowest BCUT2D eigenvalue weighted by Crippen LogP contribution is -2.32. The monoisotopic (exact) mass is 281 g/mol. The van der Waals surface area contributed by atoms with Crippen LogP contribution < -0.4 is 16.4 Å². The molecule has 0 unspecified atom stereocenters. The minimum Gasteiger partial charge on any atom is -0.396 e. The summed E-state index contributed by atoms with van der Waals surface area (Å²) >= 11 is 0. The standard InChI is InChI=1S/C13H23N5O2/c1-4-18-8-10(14)12(17-18)13(20)15-6-5-11(19)16-7-9(2)3/h8-9H,4-7,14H2,1-3H3,(H,15,20)(H,16,19). The molecule has 0 radical (unpaired) electrons. The van der Waals surface area contributed by atoms with Gasteiger partial charge in [-0.2, -0.15) is 5.10 Å². The number of rotatable bonds is 7. The lowest BCUT2D eigenvalue weighted by molar-refractivity contribution is -0.121. The van der Waals surface area contributed by atoms with Crippen LogP contribution in [0.1, 0.15) is 37.7 Å². The lowest BCUT2D eigenvalue weighted by atomic mass is 10.2. The number of anilines is 1. The van der Waals surface area contributed by atoms with Crippen LogP contribution in [0.3, 0.4) is 0 Å². The van der Waals surface area contributed by atoms with Gasteiger partial charge in [0.2, 0.25) is 5.91 Å². The number of aryl methyl sites for hydroxylation is 1. The summed E-state index contributed by atoms with van der Waals surface area (Å²) in [7, 11) is 0. The molecule has 7 nitrogen and oxygen atoms in total.